The van der Waals surface area contributed by atoms with Crippen LogP contribution < -0.4 is 15.0 Å². The minimum absolute atomic E-state index is 0.187. The number of ether oxygens (including phenoxy) is 3. The summed E-state index contributed by atoms with van der Waals surface area (Å²) < 4.78 is 32.4. The summed E-state index contributed by atoms with van der Waals surface area (Å²) in [5, 5.41) is 4.52. The lowest BCUT2D eigenvalue weighted by atomic mass is 9.97. The number of para-hydroxylation sites is 1. The highest BCUT2D eigenvalue weighted by Gasteiger charge is 2.35. The van der Waals surface area contributed by atoms with Crippen LogP contribution in [-0.2, 0) is 9.47 Å². The Balaban J connectivity index is 1.39. The van der Waals surface area contributed by atoms with E-state index in [-0.39, 0.29) is 23.6 Å². The lowest BCUT2D eigenvalue weighted by Crippen LogP contribution is -2.47. The SMILES string of the molecule is O=C(NC1CCOc2ccccc21)c1cnc2c(-c3cc(Cl)cc(Cl)c3)c(F)ccc2c1N1C=C2OCC1CO2. The maximum atomic E-state index is 15.4. The first kappa shape index (κ1) is 25.0. The third-order valence-corrected chi connectivity index (χ3v) is 7.79. The monoisotopic (exact) mass is 577 g/mol. The second kappa shape index (κ2) is 9.87. The zero-order valence-corrected chi connectivity index (χ0v) is 22.5. The van der Waals surface area contributed by atoms with Crippen molar-refractivity contribution in [1.29, 1.82) is 0 Å². The van der Waals surface area contributed by atoms with Crippen LogP contribution in [0.5, 0.6) is 5.75 Å². The molecule has 4 aromatic rings. The van der Waals surface area contributed by atoms with E-state index in [1.165, 1.54) is 12.3 Å². The summed E-state index contributed by atoms with van der Waals surface area (Å²) in [5.41, 5.74) is 2.97. The van der Waals surface area contributed by atoms with E-state index in [9.17, 15) is 4.79 Å². The molecule has 0 radical (unpaired) electrons. The van der Waals surface area contributed by atoms with Crippen molar-refractivity contribution in [3.8, 4) is 16.9 Å². The Bertz CT molecular complexity index is 1680. The Hall–Kier alpha value is -4.01. The molecule has 10 heteroatoms. The molecule has 1 aromatic heterocycles. The fourth-order valence-corrected chi connectivity index (χ4v) is 6.05. The molecule has 202 valence electrons. The highest BCUT2D eigenvalue weighted by atomic mass is 35.5. The van der Waals surface area contributed by atoms with Crippen LogP contribution in [0.3, 0.4) is 0 Å². The van der Waals surface area contributed by atoms with Crippen LogP contribution in [0.25, 0.3) is 22.0 Å². The molecule has 7 nitrogen and oxygen atoms in total. The van der Waals surface area contributed by atoms with Crippen molar-refractivity contribution in [2.75, 3.05) is 24.7 Å². The zero-order chi connectivity index (χ0) is 27.4. The molecule has 3 aromatic carbocycles. The number of nitrogens with zero attached hydrogens (tertiary/aromatic N) is 2. The van der Waals surface area contributed by atoms with Crippen molar-refractivity contribution in [2.24, 2.45) is 0 Å². The van der Waals surface area contributed by atoms with E-state index < -0.39 is 5.82 Å². The molecule has 40 heavy (non-hydrogen) atoms. The van der Waals surface area contributed by atoms with E-state index in [0.29, 0.717) is 69.9 Å². The van der Waals surface area contributed by atoms with Crippen molar-refractivity contribution in [1.82, 2.24) is 10.3 Å². The molecule has 5 heterocycles. The number of aromatic nitrogens is 1. The van der Waals surface area contributed by atoms with E-state index >= 15 is 4.39 Å². The van der Waals surface area contributed by atoms with Gasteiger partial charge < -0.3 is 24.4 Å². The van der Waals surface area contributed by atoms with Gasteiger partial charge in [-0.1, -0.05) is 41.4 Å². The lowest BCUT2D eigenvalue weighted by molar-refractivity contribution is -0.0412. The van der Waals surface area contributed by atoms with Crippen molar-refractivity contribution >= 4 is 45.7 Å². The van der Waals surface area contributed by atoms with Crippen LogP contribution in [0.15, 0.2) is 72.9 Å². The fourth-order valence-electron chi connectivity index (χ4n) is 5.52. The summed E-state index contributed by atoms with van der Waals surface area (Å²) in [6, 6.07) is 15.1. The molecule has 1 atom stereocenters. The summed E-state index contributed by atoms with van der Waals surface area (Å²) in [5.74, 6) is 0.333. The number of anilines is 1. The molecule has 2 bridgehead atoms. The molecule has 0 saturated carbocycles. The van der Waals surface area contributed by atoms with E-state index in [1.54, 1.807) is 30.5 Å². The molecule has 1 saturated heterocycles. The van der Waals surface area contributed by atoms with E-state index in [0.717, 1.165) is 11.3 Å². The van der Waals surface area contributed by atoms with Gasteiger partial charge in [-0.2, -0.15) is 0 Å². The van der Waals surface area contributed by atoms with Crippen LogP contribution in [0, 0.1) is 5.82 Å². The first-order valence-electron chi connectivity index (χ1n) is 12.8. The van der Waals surface area contributed by atoms with Gasteiger partial charge in [0.1, 0.15) is 30.8 Å². The molecular formula is C30H22Cl2FN3O4. The van der Waals surface area contributed by atoms with Gasteiger partial charge in [0.05, 0.1) is 35.6 Å². The zero-order valence-electron chi connectivity index (χ0n) is 21.0. The first-order chi connectivity index (χ1) is 19.5. The largest absolute Gasteiger partial charge is 0.493 e. The molecule has 1 N–H and O–H groups in total. The summed E-state index contributed by atoms with van der Waals surface area (Å²) in [6.07, 6.45) is 3.85. The number of carbonyl (C=O) groups excluding carboxylic acids is 1. The topological polar surface area (TPSA) is 72.9 Å². The highest BCUT2D eigenvalue weighted by molar-refractivity contribution is 6.35. The number of halogens is 3. The van der Waals surface area contributed by atoms with Crippen molar-refractivity contribution < 1.29 is 23.4 Å². The maximum absolute atomic E-state index is 15.4. The van der Waals surface area contributed by atoms with Gasteiger partial charge in [-0.25, -0.2) is 4.39 Å². The first-order valence-corrected chi connectivity index (χ1v) is 13.6. The number of nitrogens with one attached hydrogen (secondary N) is 1. The number of pyridine rings is 1. The lowest BCUT2D eigenvalue weighted by Gasteiger charge is -2.40. The van der Waals surface area contributed by atoms with E-state index in [4.69, 9.17) is 37.4 Å². The Morgan fingerprint density at radius 3 is 2.55 bits per heavy atom. The van der Waals surface area contributed by atoms with Gasteiger partial charge in [0.25, 0.3) is 11.9 Å². The average molecular weight is 578 g/mol. The molecule has 1 unspecified atom stereocenters. The predicted octanol–water partition coefficient (Wildman–Crippen LogP) is 6.64. The number of fused-ring (bicyclic) bond motifs is 5. The van der Waals surface area contributed by atoms with Gasteiger partial charge in [-0.15, -0.1) is 0 Å². The van der Waals surface area contributed by atoms with Crippen LogP contribution in [0.1, 0.15) is 28.4 Å². The van der Waals surface area contributed by atoms with E-state index in [2.05, 4.69) is 10.3 Å². The predicted molar refractivity (Wildman–Crippen MR) is 150 cm³/mol. The molecule has 1 amide bonds. The van der Waals surface area contributed by atoms with Gasteiger partial charge in [0.15, 0.2) is 0 Å². The van der Waals surface area contributed by atoms with Crippen molar-refractivity contribution in [3.63, 3.8) is 0 Å². The summed E-state index contributed by atoms with van der Waals surface area (Å²) in [6.45, 7) is 1.27. The standard InChI is InChI=1S/C30H22Cl2FN3O4/c31-17-9-16(10-18(32)11-17)27-23(33)6-5-21-28(27)34-12-22(29(21)36-13-26-39-14-19(36)15-40-26)30(37)35-24-7-8-38-25-4-2-1-3-20(24)25/h1-6,9-13,19,24H,7-8,14-15H2,(H,35,37). The van der Waals surface area contributed by atoms with Crippen LogP contribution in [0.2, 0.25) is 10.0 Å². The number of benzene rings is 3. The second-order valence-electron chi connectivity index (χ2n) is 9.83. The summed E-state index contributed by atoms with van der Waals surface area (Å²) in [7, 11) is 0. The number of rotatable bonds is 4. The minimum atomic E-state index is -0.481. The van der Waals surface area contributed by atoms with Gasteiger partial charge in [0.2, 0.25) is 0 Å². The van der Waals surface area contributed by atoms with Crippen LogP contribution in [-0.4, -0.2) is 36.8 Å². The molecule has 8 rings (SSSR count). The summed E-state index contributed by atoms with van der Waals surface area (Å²) >= 11 is 12.5. The minimum Gasteiger partial charge on any atom is -0.493 e. The normalized spacial score (nSPS) is 17.9. The Morgan fingerprint density at radius 1 is 1.02 bits per heavy atom. The molecule has 0 spiro atoms. The van der Waals surface area contributed by atoms with Gasteiger partial charge in [0, 0.05) is 39.2 Å². The van der Waals surface area contributed by atoms with Gasteiger partial charge >= 0.3 is 0 Å². The van der Waals surface area contributed by atoms with Crippen LogP contribution >= 0.6 is 23.2 Å². The third kappa shape index (κ3) is 4.28. The Morgan fingerprint density at radius 2 is 1.80 bits per heavy atom. The number of hydrogen-bond donors (Lipinski definition) is 1. The third-order valence-electron chi connectivity index (χ3n) is 7.35. The Labute approximate surface area is 239 Å². The fraction of sp³-hybridized carbons (Fsp3) is 0.200. The second-order valence-corrected chi connectivity index (χ2v) is 10.7. The molecular weight excluding hydrogens is 556 g/mol. The highest BCUT2D eigenvalue weighted by Crippen LogP contribution is 2.41. The van der Waals surface area contributed by atoms with Gasteiger partial charge in [-0.3, -0.25) is 9.78 Å². The smallest absolute Gasteiger partial charge is 0.296 e. The molecule has 4 aliphatic rings. The number of hydrogen-bond acceptors (Lipinski definition) is 6. The van der Waals surface area contributed by atoms with Crippen molar-refractivity contribution in [3.05, 3.63) is 99.9 Å². The number of carbonyl (C=O) groups is 1. The molecule has 4 aliphatic heterocycles. The van der Waals surface area contributed by atoms with Gasteiger partial charge in [-0.05, 0) is 42.0 Å². The van der Waals surface area contributed by atoms with Crippen LogP contribution in [0.4, 0.5) is 10.1 Å². The molecule has 1 fully saturated rings. The number of amides is 1. The van der Waals surface area contributed by atoms with E-state index in [1.807, 2.05) is 29.2 Å². The van der Waals surface area contributed by atoms with Crippen molar-refractivity contribution in [2.45, 2.75) is 18.5 Å². The Kier molecular flexibility index (Phi) is 6.17. The maximum Gasteiger partial charge on any atom is 0.296 e. The summed E-state index contributed by atoms with van der Waals surface area (Å²) in [4.78, 5) is 20.5. The quantitative estimate of drug-likeness (QED) is 0.293. The average Bonchev–Trinajstić information content (AvgIpc) is 2.96. The molecule has 0 aliphatic carbocycles.